The summed E-state index contributed by atoms with van der Waals surface area (Å²) in [5.41, 5.74) is -0.273. The Morgan fingerprint density at radius 2 is 1.53 bits per heavy atom. The van der Waals surface area contributed by atoms with E-state index in [1.54, 1.807) is 14.0 Å². The number of nitrogens with zero attached hydrogens (tertiary/aromatic N) is 3. The first-order valence-electron chi connectivity index (χ1n) is 12.3. The lowest BCUT2D eigenvalue weighted by Gasteiger charge is -2.36. The Morgan fingerprint density at radius 3 is 2.25 bits per heavy atom. The van der Waals surface area contributed by atoms with Crippen molar-refractivity contribution in [3.63, 3.8) is 0 Å². The molecular weight excluding hydrogens is 456 g/mol. The van der Waals surface area contributed by atoms with Crippen molar-refractivity contribution in [2.75, 3.05) is 53.1 Å². The van der Waals surface area contributed by atoms with E-state index < -0.39 is 5.54 Å². The summed E-state index contributed by atoms with van der Waals surface area (Å²) >= 11 is 0. The van der Waals surface area contributed by atoms with Crippen molar-refractivity contribution in [2.24, 2.45) is 0 Å². The Bertz CT molecular complexity index is 1240. The molecule has 3 aromatic carbocycles. The van der Waals surface area contributed by atoms with Gasteiger partial charge in [-0.25, -0.2) is 9.69 Å². The molecule has 0 aromatic heterocycles. The summed E-state index contributed by atoms with van der Waals surface area (Å²) in [5, 5.41) is 5.08. The van der Waals surface area contributed by atoms with E-state index in [0.717, 1.165) is 60.6 Å². The number of rotatable bonds is 8. The predicted molar refractivity (Wildman–Crippen MR) is 138 cm³/mol. The Morgan fingerprint density at radius 1 is 0.861 bits per heavy atom. The number of amides is 3. The van der Waals surface area contributed by atoms with Crippen LogP contribution in [-0.4, -0.2) is 79.7 Å². The van der Waals surface area contributed by atoms with Crippen molar-refractivity contribution in [2.45, 2.75) is 12.5 Å². The van der Waals surface area contributed by atoms with E-state index in [1.807, 2.05) is 66.7 Å². The highest BCUT2D eigenvalue weighted by molar-refractivity contribution is 6.07. The van der Waals surface area contributed by atoms with E-state index in [9.17, 15) is 9.59 Å². The molecule has 2 saturated heterocycles. The van der Waals surface area contributed by atoms with Crippen molar-refractivity contribution in [1.29, 1.82) is 0 Å². The van der Waals surface area contributed by atoms with Crippen LogP contribution in [0.5, 0.6) is 11.5 Å². The maximum absolute atomic E-state index is 13.4. The van der Waals surface area contributed by atoms with Crippen LogP contribution >= 0.6 is 0 Å². The number of piperazine rings is 1. The van der Waals surface area contributed by atoms with Crippen molar-refractivity contribution in [3.8, 4) is 11.5 Å². The van der Waals surface area contributed by atoms with E-state index in [4.69, 9.17) is 9.47 Å². The predicted octanol–water partition coefficient (Wildman–Crippen LogP) is 3.27. The fourth-order valence-corrected chi connectivity index (χ4v) is 4.84. The van der Waals surface area contributed by atoms with Gasteiger partial charge in [-0.05, 0) is 53.6 Å². The van der Waals surface area contributed by atoms with Gasteiger partial charge in [-0.15, -0.1) is 0 Å². The van der Waals surface area contributed by atoms with Crippen LogP contribution in [0.2, 0.25) is 0 Å². The number of nitrogens with one attached hydrogen (secondary N) is 1. The molecule has 3 amide bonds. The lowest BCUT2D eigenvalue weighted by atomic mass is 9.90. The van der Waals surface area contributed by atoms with E-state index in [0.29, 0.717) is 13.3 Å². The van der Waals surface area contributed by atoms with Crippen LogP contribution in [0.1, 0.15) is 12.5 Å². The zero-order chi connectivity index (χ0) is 25.1. The van der Waals surface area contributed by atoms with Crippen LogP contribution in [0.3, 0.4) is 0 Å². The SMILES string of the molecule is COc1ccc(OCCN2CCN(CN3C(=O)NC(C)(c4ccc5ccccc5c4)C3=O)CC2)cc1. The number of urea groups is 1. The average Bonchev–Trinajstić information content (AvgIpc) is 3.13. The second-order valence-electron chi connectivity index (χ2n) is 9.48. The molecule has 0 saturated carbocycles. The summed E-state index contributed by atoms with van der Waals surface area (Å²) in [6.07, 6.45) is 0. The quantitative estimate of drug-likeness (QED) is 0.491. The highest BCUT2D eigenvalue weighted by atomic mass is 16.5. The first-order chi connectivity index (χ1) is 17.5. The van der Waals surface area contributed by atoms with Gasteiger partial charge in [0.2, 0.25) is 0 Å². The van der Waals surface area contributed by atoms with Crippen LogP contribution in [0, 0.1) is 0 Å². The number of ether oxygens (including phenoxy) is 2. The molecule has 1 atom stereocenters. The summed E-state index contributed by atoms with van der Waals surface area (Å²) in [6, 6.07) is 21.2. The van der Waals surface area contributed by atoms with Gasteiger partial charge in [-0.3, -0.25) is 14.6 Å². The largest absolute Gasteiger partial charge is 0.497 e. The van der Waals surface area contributed by atoms with Crippen LogP contribution in [0.15, 0.2) is 66.7 Å². The number of imide groups is 1. The zero-order valence-corrected chi connectivity index (χ0v) is 20.8. The Labute approximate surface area is 211 Å². The number of carbonyl (C=O) groups is 2. The van der Waals surface area contributed by atoms with Crippen molar-refractivity contribution >= 4 is 22.7 Å². The van der Waals surface area contributed by atoms with Gasteiger partial charge in [0.05, 0.1) is 13.8 Å². The summed E-state index contributed by atoms with van der Waals surface area (Å²) in [4.78, 5) is 32.1. The summed E-state index contributed by atoms with van der Waals surface area (Å²) in [5.74, 6) is 1.42. The van der Waals surface area contributed by atoms with Crippen LogP contribution < -0.4 is 14.8 Å². The van der Waals surface area contributed by atoms with Crippen LogP contribution in [0.25, 0.3) is 10.8 Å². The fourth-order valence-electron chi connectivity index (χ4n) is 4.84. The molecule has 1 N–H and O–H groups in total. The van der Waals surface area contributed by atoms with Crippen molar-refractivity contribution < 1.29 is 19.1 Å². The first-order valence-corrected chi connectivity index (χ1v) is 12.3. The van der Waals surface area contributed by atoms with E-state index in [2.05, 4.69) is 15.1 Å². The molecule has 36 heavy (non-hydrogen) atoms. The van der Waals surface area contributed by atoms with Gasteiger partial charge in [0.1, 0.15) is 23.6 Å². The molecule has 8 nitrogen and oxygen atoms in total. The maximum atomic E-state index is 13.4. The third-order valence-electron chi connectivity index (χ3n) is 7.14. The second-order valence-corrected chi connectivity index (χ2v) is 9.48. The lowest BCUT2D eigenvalue weighted by molar-refractivity contribution is -0.132. The third kappa shape index (κ3) is 4.87. The van der Waals surface area contributed by atoms with Gasteiger partial charge < -0.3 is 14.8 Å². The van der Waals surface area contributed by atoms with Crippen molar-refractivity contribution in [3.05, 3.63) is 72.3 Å². The smallest absolute Gasteiger partial charge is 0.326 e. The van der Waals surface area contributed by atoms with Gasteiger partial charge in [0.25, 0.3) is 5.91 Å². The number of carbonyl (C=O) groups excluding carboxylic acids is 2. The number of hydrogen-bond acceptors (Lipinski definition) is 6. The zero-order valence-electron chi connectivity index (χ0n) is 20.8. The molecule has 1 unspecified atom stereocenters. The van der Waals surface area contributed by atoms with Gasteiger partial charge in [-0.1, -0.05) is 36.4 Å². The molecule has 2 heterocycles. The molecule has 5 rings (SSSR count). The summed E-state index contributed by atoms with van der Waals surface area (Å²) < 4.78 is 11.0. The average molecular weight is 489 g/mol. The molecule has 0 spiro atoms. The molecular formula is C28H32N4O4. The van der Waals surface area contributed by atoms with Crippen LogP contribution in [0.4, 0.5) is 4.79 Å². The third-order valence-corrected chi connectivity index (χ3v) is 7.14. The minimum absolute atomic E-state index is 0.210. The van der Waals surface area contributed by atoms with Gasteiger partial charge in [0, 0.05) is 32.7 Å². The molecule has 2 aliphatic heterocycles. The number of benzene rings is 3. The monoisotopic (exact) mass is 488 g/mol. The fraction of sp³-hybridized carbons (Fsp3) is 0.357. The molecule has 3 aromatic rings. The molecule has 8 heteroatoms. The summed E-state index contributed by atoms with van der Waals surface area (Å²) in [7, 11) is 1.64. The number of hydrogen-bond donors (Lipinski definition) is 1. The Hall–Kier alpha value is -3.62. The first kappa shape index (κ1) is 24.1. The molecule has 0 aliphatic carbocycles. The highest BCUT2D eigenvalue weighted by Crippen LogP contribution is 2.31. The van der Waals surface area contributed by atoms with Gasteiger partial charge in [-0.2, -0.15) is 0 Å². The molecule has 2 aliphatic rings. The number of fused-ring (bicyclic) bond motifs is 1. The minimum atomic E-state index is -1.07. The second kappa shape index (κ2) is 10.2. The lowest BCUT2D eigenvalue weighted by Crippen LogP contribution is -2.52. The summed E-state index contributed by atoms with van der Waals surface area (Å²) in [6.45, 7) is 6.79. The minimum Gasteiger partial charge on any atom is -0.497 e. The molecule has 2 fully saturated rings. The molecule has 0 radical (unpaired) electrons. The highest BCUT2D eigenvalue weighted by Gasteiger charge is 2.49. The van der Waals surface area contributed by atoms with E-state index >= 15 is 0 Å². The molecule has 0 bridgehead atoms. The van der Waals surface area contributed by atoms with E-state index in [1.165, 1.54) is 4.90 Å². The maximum Gasteiger partial charge on any atom is 0.326 e. The Kier molecular flexibility index (Phi) is 6.80. The van der Waals surface area contributed by atoms with E-state index in [-0.39, 0.29) is 11.9 Å². The molecule has 188 valence electrons. The van der Waals surface area contributed by atoms with Gasteiger partial charge >= 0.3 is 6.03 Å². The number of methoxy groups -OCH3 is 1. The normalized spacial score (nSPS) is 21.1. The topological polar surface area (TPSA) is 74.4 Å². The Balaban J connectivity index is 1.13. The standard InChI is InChI=1S/C28H32N4O4/c1-28(23-8-7-21-5-3-4-6-22(21)19-23)26(33)32(27(34)29-28)20-31-15-13-30(14-16-31)17-18-36-25-11-9-24(35-2)10-12-25/h3-12,19H,13-18,20H2,1-2H3,(H,29,34). The van der Waals surface area contributed by atoms with Gasteiger partial charge in [0.15, 0.2) is 0 Å². The van der Waals surface area contributed by atoms with Crippen molar-refractivity contribution in [1.82, 2.24) is 20.0 Å². The van der Waals surface area contributed by atoms with Crippen LogP contribution in [-0.2, 0) is 10.3 Å².